The fourth-order valence-corrected chi connectivity index (χ4v) is 2.13. The maximum Gasteiger partial charge on any atom is 0.129 e. The predicted molar refractivity (Wildman–Crippen MR) is 73.9 cm³/mol. The van der Waals surface area contributed by atoms with E-state index in [2.05, 4.69) is 74.0 Å². The van der Waals surface area contributed by atoms with Gasteiger partial charge in [0.1, 0.15) is 5.56 Å². The smallest absolute Gasteiger partial charge is 0.0647 e. The Labute approximate surface area is 104 Å². The highest BCUT2D eigenvalue weighted by Crippen LogP contribution is 2.25. The zero-order valence-electron chi connectivity index (χ0n) is 10.3. The number of rotatable bonds is 5. The highest BCUT2D eigenvalue weighted by Gasteiger charge is 2.11. The Morgan fingerprint density at radius 2 is 1.47 bits per heavy atom. The number of hydrogen-bond donors (Lipinski definition) is 0. The van der Waals surface area contributed by atoms with E-state index in [9.17, 15) is 0 Å². The molecule has 0 N–H and O–H groups in total. The third kappa shape index (κ3) is 3.39. The Morgan fingerprint density at radius 3 is 2.06 bits per heavy atom. The van der Waals surface area contributed by atoms with Crippen LogP contribution >= 0.6 is 0 Å². The summed E-state index contributed by atoms with van der Waals surface area (Å²) in [7, 11) is 0. The summed E-state index contributed by atoms with van der Waals surface area (Å²) in [4.78, 5) is 0. The van der Waals surface area contributed by atoms with Gasteiger partial charge in [0.25, 0.3) is 0 Å². The van der Waals surface area contributed by atoms with Gasteiger partial charge >= 0.3 is 0 Å². The van der Waals surface area contributed by atoms with Crippen molar-refractivity contribution in [1.29, 1.82) is 0 Å². The molecule has 0 heterocycles. The molecule has 0 radical (unpaired) electrons. The van der Waals surface area contributed by atoms with Gasteiger partial charge < -0.3 is 0 Å². The molecule has 0 fully saturated rings. The van der Waals surface area contributed by atoms with Gasteiger partial charge in [0, 0.05) is 25.0 Å². The molecular weight excluding hydrogens is 204 g/mol. The van der Waals surface area contributed by atoms with E-state index in [1.54, 1.807) is 0 Å². The summed E-state index contributed by atoms with van der Waals surface area (Å²) in [5, 5.41) is 0. The second kappa shape index (κ2) is 6.15. The maximum atomic E-state index is 2.33. The predicted octanol–water partition coefficient (Wildman–Crippen LogP) is 4.82. The molecule has 1 atom stereocenters. The maximum absolute atomic E-state index is 2.33. The molecule has 0 amide bonds. The summed E-state index contributed by atoms with van der Waals surface area (Å²) >= 11 is 0. The first kappa shape index (κ1) is 11.8. The van der Waals surface area contributed by atoms with Gasteiger partial charge in [-0.05, 0) is 36.1 Å². The molecular formula is C17H19+. The first-order chi connectivity index (χ1) is 8.40. The lowest BCUT2D eigenvalue weighted by molar-refractivity contribution is 0.657. The molecule has 2 rings (SSSR count). The Balaban J connectivity index is 1.97. The molecule has 0 heteroatoms. The van der Waals surface area contributed by atoms with Crippen LogP contribution in [0, 0.1) is 6.42 Å². The monoisotopic (exact) mass is 223 g/mol. The summed E-state index contributed by atoms with van der Waals surface area (Å²) in [6, 6.07) is 21.4. The normalized spacial score (nSPS) is 12.1. The van der Waals surface area contributed by atoms with Crippen LogP contribution in [-0.4, -0.2) is 0 Å². The highest BCUT2D eigenvalue weighted by molar-refractivity contribution is 5.25. The number of benzene rings is 2. The molecule has 1 unspecified atom stereocenters. The SMILES string of the molecule is CCC(C[CH+]c1ccccc1)c1ccccc1. The first-order valence-corrected chi connectivity index (χ1v) is 6.33. The van der Waals surface area contributed by atoms with E-state index in [1.807, 2.05) is 0 Å². The van der Waals surface area contributed by atoms with Gasteiger partial charge in [-0.3, -0.25) is 0 Å². The first-order valence-electron chi connectivity index (χ1n) is 6.33. The van der Waals surface area contributed by atoms with Crippen molar-refractivity contribution in [3.05, 3.63) is 78.2 Å². The molecule has 0 aliphatic carbocycles. The minimum absolute atomic E-state index is 0.636. The van der Waals surface area contributed by atoms with Crippen molar-refractivity contribution in [3.63, 3.8) is 0 Å². The minimum atomic E-state index is 0.636. The zero-order chi connectivity index (χ0) is 11.9. The molecule has 0 aliphatic heterocycles. The third-order valence-corrected chi connectivity index (χ3v) is 3.20. The summed E-state index contributed by atoms with van der Waals surface area (Å²) in [6.07, 6.45) is 4.64. The molecule has 0 spiro atoms. The second-order valence-electron chi connectivity index (χ2n) is 4.37. The van der Waals surface area contributed by atoms with Crippen molar-refractivity contribution in [2.75, 3.05) is 0 Å². The van der Waals surface area contributed by atoms with Gasteiger partial charge in [-0.15, -0.1) is 0 Å². The highest BCUT2D eigenvalue weighted by atomic mass is 14.1. The van der Waals surface area contributed by atoms with E-state index in [4.69, 9.17) is 0 Å². The van der Waals surface area contributed by atoms with E-state index < -0.39 is 0 Å². The van der Waals surface area contributed by atoms with Gasteiger partial charge in [0.15, 0.2) is 0 Å². The van der Waals surface area contributed by atoms with Crippen LogP contribution in [0.4, 0.5) is 0 Å². The standard InChI is InChI=1S/C17H19/c1-2-16(17-11-7-4-8-12-17)14-13-15-9-5-3-6-10-15/h3-13,16H,2,14H2,1H3/q+1. The van der Waals surface area contributed by atoms with Crippen molar-refractivity contribution in [3.8, 4) is 0 Å². The van der Waals surface area contributed by atoms with Crippen molar-refractivity contribution >= 4 is 0 Å². The van der Waals surface area contributed by atoms with Crippen molar-refractivity contribution in [1.82, 2.24) is 0 Å². The molecule has 0 saturated heterocycles. The third-order valence-electron chi connectivity index (χ3n) is 3.20. The second-order valence-corrected chi connectivity index (χ2v) is 4.37. The molecule has 0 bridgehead atoms. The Morgan fingerprint density at radius 1 is 0.882 bits per heavy atom. The average Bonchev–Trinajstić information content (AvgIpc) is 2.42. The van der Waals surface area contributed by atoms with Crippen LogP contribution in [0.5, 0.6) is 0 Å². The lowest BCUT2D eigenvalue weighted by atomic mass is 9.90. The van der Waals surface area contributed by atoms with Crippen LogP contribution in [0.1, 0.15) is 36.8 Å². The molecule has 2 aromatic rings. The van der Waals surface area contributed by atoms with E-state index in [-0.39, 0.29) is 0 Å². The molecule has 86 valence electrons. The van der Waals surface area contributed by atoms with E-state index >= 15 is 0 Å². The molecule has 17 heavy (non-hydrogen) atoms. The lowest BCUT2D eigenvalue weighted by Gasteiger charge is -2.12. The van der Waals surface area contributed by atoms with Crippen LogP contribution < -0.4 is 0 Å². The van der Waals surface area contributed by atoms with Crippen LogP contribution in [-0.2, 0) is 0 Å². The van der Waals surface area contributed by atoms with Crippen LogP contribution in [0.15, 0.2) is 60.7 Å². The van der Waals surface area contributed by atoms with Crippen LogP contribution in [0.3, 0.4) is 0 Å². The molecule has 0 aromatic heterocycles. The van der Waals surface area contributed by atoms with Gasteiger partial charge in [-0.2, -0.15) is 0 Å². The van der Waals surface area contributed by atoms with Crippen molar-refractivity contribution < 1.29 is 0 Å². The van der Waals surface area contributed by atoms with Gasteiger partial charge in [-0.25, -0.2) is 0 Å². The lowest BCUT2D eigenvalue weighted by Crippen LogP contribution is -1.98. The fourth-order valence-electron chi connectivity index (χ4n) is 2.13. The summed E-state index contributed by atoms with van der Waals surface area (Å²) in [5.74, 6) is 0.636. The van der Waals surface area contributed by atoms with Crippen molar-refractivity contribution in [2.45, 2.75) is 25.7 Å². The van der Waals surface area contributed by atoms with Crippen LogP contribution in [0.25, 0.3) is 0 Å². The number of hydrogen-bond acceptors (Lipinski definition) is 0. The summed E-state index contributed by atoms with van der Waals surface area (Å²) in [6.45, 7) is 2.26. The Kier molecular flexibility index (Phi) is 4.26. The van der Waals surface area contributed by atoms with Gasteiger partial charge in [0.05, 0.1) is 0 Å². The summed E-state index contributed by atoms with van der Waals surface area (Å²) < 4.78 is 0. The quantitative estimate of drug-likeness (QED) is 0.637. The van der Waals surface area contributed by atoms with Gasteiger partial charge in [0.2, 0.25) is 0 Å². The van der Waals surface area contributed by atoms with Gasteiger partial charge in [-0.1, -0.05) is 37.3 Å². The van der Waals surface area contributed by atoms with E-state index in [0.29, 0.717) is 5.92 Å². The molecule has 2 aromatic carbocycles. The van der Waals surface area contributed by atoms with Crippen molar-refractivity contribution in [2.24, 2.45) is 0 Å². The Bertz CT molecular complexity index is 416. The van der Waals surface area contributed by atoms with E-state index in [1.165, 1.54) is 17.5 Å². The fraction of sp³-hybridized carbons (Fsp3) is 0.235. The topological polar surface area (TPSA) is 0 Å². The molecule has 0 aliphatic rings. The average molecular weight is 223 g/mol. The minimum Gasteiger partial charge on any atom is -0.0647 e. The largest absolute Gasteiger partial charge is 0.129 e. The summed E-state index contributed by atoms with van der Waals surface area (Å²) in [5.41, 5.74) is 2.77. The van der Waals surface area contributed by atoms with Crippen LogP contribution in [0.2, 0.25) is 0 Å². The molecule has 0 nitrogen and oxygen atoms in total. The molecule has 0 saturated carbocycles. The van der Waals surface area contributed by atoms with E-state index in [0.717, 1.165) is 6.42 Å². The zero-order valence-corrected chi connectivity index (χ0v) is 10.3. The Hall–Kier alpha value is -1.69.